The first kappa shape index (κ1) is 29.8. The lowest BCUT2D eigenvalue weighted by atomic mass is 9.70. The Morgan fingerprint density at radius 1 is 1.06 bits per heavy atom. The van der Waals surface area contributed by atoms with Gasteiger partial charge >= 0.3 is 6.09 Å². The van der Waals surface area contributed by atoms with Crippen LogP contribution < -0.4 is 10.1 Å². The van der Waals surface area contributed by atoms with Gasteiger partial charge in [0.1, 0.15) is 11.9 Å². The van der Waals surface area contributed by atoms with E-state index in [9.17, 15) is 4.79 Å². The van der Waals surface area contributed by atoms with Crippen molar-refractivity contribution in [3.8, 4) is 5.75 Å². The van der Waals surface area contributed by atoms with Crippen LogP contribution in [0, 0.1) is 22.7 Å². The van der Waals surface area contributed by atoms with Gasteiger partial charge in [-0.25, -0.2) is 4.79 Å². The molecule has 5 nitrogen and oxygen atoms in total. The number of benzene rings is 1. The summed E-state index contributed by atoms with van der Waals surface area (Å²) in [6.07, 6.45) is 7.88. The number of unbranched alkanes of at least 4 members (excludes halogenated alkanes) is 4. The van der Waals surface area contributed by atoms with Crippen molar-refractivity contribution in [2.45, 2.75) is 92.6 Å². The van der Waals surface area contributed by atoms with Crippen LogP contribution in [0.4, 0.5) is 10.5 Å². The molecule has 2 bridgehead atoms. The number of halogens is 1. The molecule has 4 atom stereocenters. The number of carbonyl (C=O) groups excluding carboxylic acids is 1. The van der Waals surface area contributed by atoms with Crippen LogP contribution in [-0.2, 0) is 4.74 Å². The van der Waals surface area contributed by atoms with Crippen molar-refractivity contribution in [2.24, 2.45) is 22.7 Å². The van der Waals surface area contributed by atoms with Crippen LogP contribution in [0.1, 0.15) is 86.5 Å². The average Bonchev–Trinajstić information content (AvgIpc) is 3.13. The highest BCUT2D eigenvalue weighted by atomic mass is 35.5. The molecule has 1 aromatic rings. The zero-order valence-electron chi connectivity index (χ0n) is 22.9. The number of nitrogens with one attached hydrogen (secondary N) is 1. The first-order valence-electron chi connectivity index (χ1n) is 13.7. The number of rotatable bonds is 13. The Labute approximate surface area is 220 Å². The van der Waals surface area contributed by atoms with Crippen molar-refractivity contribution < 1.29 is 14.3 Å². The third kappa shape index (κ3) is 6.46. The van der Waals surface area contributed by atoms with E-state index >= 15 is 0 Å². The Balaban J connectivity index is 0.00000432. The van der Waals surface area contributed by atoms with Crippen LogP contribution >= 0.6 is 12.4 Å². The summed E-state index contributed by atoms with van der Waals surface area (Å²) in [7, 11) is 0. The number of hydrogen-bond acceptors (Lipinski definition) is 4. The third-order valence-electron chi connectivity index (χ3n) is 9.13. The average molecular weight is 509 g/mol. The van der Waals surface area contributed by atoms with E-state index in [0.29, 0.717) is 29.9 Å². The molecular weight excluding hydrogens is 460 g/mol. The number of nitrogens with zero attached hydrogens (tertiary/aromatic N) is 1. The Morgan fingerprint density at radius 2 is 1.74 bits per heavy atom. The minimum Gasteiger partial charge on any atom is -0.491 e. The smallest absolute Gasteiger partial charge is 0.412 e. The molecule has 2 aliphatic carbocycles. The molecule has 200 valence electrons. The molecule has 35 heavy (non-hydrogen) atoms. The fourth-order valence-corrected chi connectivity index (χ4v) is 6.56. The summed E-state index contributed by atoms with van der Waals surface area (Å²) in [4.78, 5) is 15.6. The number of hydrogen-bond donors (Lipinski definition) is 1. The molecule has 1 N–H and O–H groups in total. The zero-order chi connectivity index (χ0) is 24.8. The lowest BCUT2D eigenvalue weighted by Crippen LogP contribution is -2.45. The Bertz CT molecular complexity index is 798. The molecule has 0 heterocycles. The number of amides is 1. The molecule has 1 aromatic carbocycles. The fraction of sp³-hybridized carbons (Fsp3) is 0.759. The second-order valence-corrected chi connectivity index (χ2v) is 11.1. The first-order valence-corrected chi connectivity index (χ1v) is 13.7. The summed E-state index contributed by atoms with van der Waals surface area (Å²) in [5.41, 5.74) is 0.851. The normalized spacial score (nSPS) is 26.4. The maximum Gasteiger partial charge on any atom is 0.412 e. The summed E-state index contributed by atoms with van der Waals surface area (Å²) in [5.74, 6) is 1.67. The second kappa shape index (κ2) is 13.2. The molecule has 0 unspecified atom stereocenters. The van der Waals surface area contributed by atoms with Gasteiger partial charge in [-0.2, -0.15) is 0 Å². The Kier molecular flexibility index (Phi) is 11.2. The van der Waals surface area contributed by atoms with Crippen molar-refractivity contribution in [2.75, 3.05) is 31.6 Å². The van der Waals surface area contributed by atoms with Gasteiger partial charge in [-0.3, -0.25) is 5.32 Å². The van der Waals surface area contributed by atoms with Crippen molar-refractivity contribution in [1.29, 1.82) is 0 Å². The molecule has 0 aromatic heterocycles. The van der Waals surface area contributed by atoms with Gasteiger partial charge in [0.05, 0.1) is 12.3 Å². The fourth-order valence-electron chi connectivity index (χ4n) is 6.56. The molecule has 0 spiro atoms. The van der Waals surface area contributed by atoms with Gasteiger partial charge in [0.15, 0.2) is 0 Å². The van der Waals surface area contributed by atoms with Gasteiger partial charge in [0.25, 0.3) is 0 Å². The number of anilines is 1. The van der Waals surface area contributed by atoms with E-state index in [4.69, 9.17) is 9.47 Å². The van der Waals surface area contributed by atoms with E-state index in [1.165, 1.54) is 32.1 Å². The molecule has 6 heteroatoms. The molecule has 2 aliphatic rings. The molecule has 3 rings (SSSR count). The molecule has 0 aliphatic heterocycles. The molecule has 2 saturated carbocycles. The predicted octanol–water partition coefficient (Wildman–Crippen LogP) is 7.79. The summed E-state index contributed by atoms with van der Waals surface area (Å²) in [5, 5.41) is 3.00. The zero-order valence-corrected chi connectivity index (χ0v) is 23.7. The number of carbonyl (C=O) groups is 1. The van der Waals surface area contributed by atoms with Gasteiger partial charge in [-0.15, -0.1) is 12.4 Å². The van der Waals surface area contributed by atoms with Crippen molar-refractivity contribution in [1.82, 2.24) is 4.90 Å². The summed E-state index contributed by atoms with van der Waals surface area (Å²) >= 11 is 0. The molecule has 0 saturated heterocycles. The van der Waals surface area contributed by atoms with E-state index in [1.807, 2.05) is 24.3 Å². The Morgan fingerprint density at radius 3 is 2.43 bits per heavy atom. The molecule has 2 fully saturated rings. The largest absolute Gasteiger partial charge is 0.491 e. The van der Waals surface area contributed by atoms with Crippen molar-refractivity contribution >= 4 is 24.2 Å². The van der Waals surface area contributed by atoms with Gasteiger partial charge in [-0.1, -0.05) is 79.4 Å². The van der Waals surface area contributed by atoms with Crippen LogP contribution in [0.5, 0.6) is 5.75 Å². The quantitative estimate of drug-likeness (QED) is 0.276. The van der Waals surface area contributed by atoms with Gasteiger partial charge in [0.2, 0.25) is 0 Å². The summed E-state index contributed by atoms with van der Waals surface area (Å²) in [6.45, 7) is 17.5. The van der Waals surface area contributed by atoms with Gasteiger partial charge < -0.3 is 14.4 Å². The Hall–Kier alpha value is -1.46. The molecule has 1 amide bonds. The van der Waals surface area contributed by atoms with Crippen LogP contribution in [0.15, 0.2) is 24.3 Å². The van der Waals surface area contributed by atoms with Crippen molar-refractivity contribution in [3.05, 3.63) is 24.3 Å². The van der Waals surface area contributed by atoms with E-state index in [-0.39, 0.29) is 35.4 Å². The highest BCUT2D eigenvalue weighted by Gasteiger charge is 2.67. The number of ether oxygens (including phenoxy) is 2. The van der Waals surface area contributed by atoms with E-state index in [2.05, 4.69) is 51.8 Å². The third-order valence-corrected chi connectivity index (χ3v) is 9.13. The van der Waals surface area contributed by atoms with Gasteiger partial charge in [0, 0.05) is 17.9 Å². The van der Waals surface area contributed by atoms with Crippen LogP contribution in [0.2, 0.25) is 0 Å². The maximum absolute atomic E-state index is 13.2. The maximum atomic E-state index is 13.2. The standard InChI is InChI=1S/C29H48N2O3.ClH/c1-7-10-11-12-15-20-33-25-17-14-13-16-24(25)30-27(32)34-26-22(21-31(8-2)9-3)23-18-19-29(26,6)28(23,4)5;/h13-14,16-17,22-23,26H,7-12,15,18-21H2,1-6H3,(H,30,32);1H/t22-,23+,26+,29-;/m1./s1. The van der Waals surface area contributed by atoms with Crippen molar-refractivity contribution in [3.63, 3.8) is 0 Å². The lowest BCUT2D eigenvalue weighted by molar-refractivity contribution is -0.0258. The minimum atomic E-state index is -0.363. The second-order valence-electron chi connectivity index (χ2n) is 11.1. The predicted molar refractivity (Wildman–Crippen MR) is 148 cm³/mol. The monoisotopic (exact) mass is 508 g/mol. The molecular formula is C29H49ClN2O3. The van der Waals surface area contributed by atoms with Crippen LogP contribution in [0.3, 0.4) is 0 Å². The summed E-state index contributed by atoms with van der Waals surface area (Å²) < 4.78 is 12.3. The topological polar surface area (TPSA) is 50.8 Å². The number of para-hydroxylation sites is 2. The van der Waals surface area contributed by atoms with E-state index in [1.54, 1.807) is 0 Å². The lowest BCUT2D eigenvalue weighted by Gasteiger charge is -2.40. The minimum absolute atomic E-state index is 0. The van der Waals surface area contributed by atoms with Crippen LogP contribution in [-0.4, -0.2) is 43.3 Å². The first-order chi connectivity index (χ1) is 16.3. The van der Waals surface area contributed by atoms with E-state index in [0.717, 1.165) is 32.5 Å². The summed E-state index contributed by atoms with van der Waals surface area (Å²) in [6, 6.07) is 7.69. The SMILES string of the molecule is CCCCCCCOc1ccccc1NC(=O)O[C@H]1[C@H](CN(CC)CC)[C@@H]2CC[C@@]1(C)C2(C)C.Cl. The molecule has 0 radical (unpaired) electrons. The van der Waals surface area contributed by atoms with E-state index < -0.39 is 0 Å². The number of fused-ring (bicyclic) bond motifs is 2. The highest BCUT2D eigenvalue weighted by Crippen LogP contribution is 2.68. The highest BCUT2D eigenvalue weighted by molar-refractivity contribution is 5.87. The van der Waals surface area contributed by atoms with Gasteiger partial charge in [-0.05, 0) is 55.8 Å². The van der Waals surface area contributed by atoms with Crippen LogP contribution in [0.25, 0.3) is 0 Å².